The fraction of sp³-hybridized carbons (Fsp3) is 0.625. The molecule has 2 unspecified atom stereocenters. The van der Waals surface area contributed by atoms with Gasteiger partial charge in [-0.25, -0.2) is 4.79 Å². The van der Waals surface area contributed by atoms with Crippen molar-refractivity contribution in [2.45, 2.75) is 44.5 Å². The Balaban J connectivity index is 1.50. The molecule has 1 aromatic rings. The predicted molar refractivity (Wildman–Crippen MR) is 75.7 cm³/mol. The van der Waals surface area contributed by atoms with Crippen molar-refractivity contribution < 1.29 is 19.0 Å². The summed E-state index contributed by atoms with van der Waals surface area (Å²) in [5.41, 5.74) is 0.454. The lowest BCUT2D eigenvalue weighted by molar-refractivity contribution is -0.192. The van der Waals surface area contributed by atoms with Gasteiger partial charge in [-0.15, -0.1) is 0 Å². The summed E-state index contributed by atoms with van der Waals surface area (Å²) in [6, 6.07) is 3.40. The van der Waals surface area contributed by atoms with Gasteiger partial charge < -0.3 is 14.2 Å². The first kappa shape index (κ1) is 14.5. The molecule has 5 heteroatoms. The van der Waals surface area contributed by atoms with Crippen molar-refractivity contribution in [3.63, 3.8) is 0 Å². The van der Waals surface area contributed by atoms with Crippen LogP contribution in [0, 0.1) is 5.92 Å². The molecule has 0 N–H and O–H groups in total. The number of ether oxygens (including phenoxy) is 3. The van der Waals surface area contributed by atoms with Crippen LogP contribution in [0.3, 0.4) is 0 Å². The molecular weight excluding hydrogens is 270 g/mol. The number of pyridine rings is 1. The third-order valence-electron chi connectivity index (χ3n) is 4.35. The molecule has 1 saturated carbocycles. The minimum absolute atomic E-state index is 0.184. The van der Waals surface area contributed by atoms with Crippen molar-refractivity contribution in [1.82, 2.24) is 4.98 Å². The molecule has 2 fully saturated rings. The molecule has 1 aliphatic heterocycles. The number of esters is 1. The standard InChI is InChI=1S/C16H21NO4/c1-16(13-6-2-3-7-13)20-11-14(21-16)10-19-15(18)12-5-4-8-17-9-12/h4-5,8-9,13-14H,2-3,6-7,10-11H2,1H3. The Kier molecular flexibility index (Phi) is 4.22. The van der Waals surface area contributed by atoms with Gasteiger partial charge in [0, 0.05) is 18.3 Å². The molecule has 114 valence electrons. The van der Waals surface area contributed by atoms with Gasteiger partial charge in [-0.2, -0.15) is 0 Å². The first-order valence-corrected chi connectivity index (χ1v) is 7.56. The highest BCUT2D eigenvalue weighted by Gasteiger charge is 2.45. The van der Waals surface area contributed by atoms with Gasteiger partial charge in [0.1, 0.15) is 12.7 Å². The number of nitrogens with zero attached hydrogens (tertiary/aromatic N) is 1. The van der Waals surface area contributed by atoms with Crippen molar-refractivity contribution in [1.29, 1.82) is 0 Å². The topological polar surface area (TPSA) is 57.7 Å². The molecule has 0 radical (unpaired) electrons. The normalized spacial score (nSPS) is 29.7. The van der Waals surface area contributed by atoms with E-state index in [4.69, 9.17) is 14.2 Å². The van der Waals surface area contributed by atoms with Crippen LogP contribution in [0.1, 0.15) is 43.0 Å². The number of hydrogen-bond donors (Lipinski definition) is 0. The quantitative estimate of drug-likeness (QED) is 0.798. The second-order valence-electron chi connectivity index (χ2n) is 5.89. The Bertz CT molecular complexity index is 486. The minimum Gasteiger partial charge on any atom is -0.459 e. The second kappa shape index (κ2) is 6.12. The number of carbonyl (C=O) groups excluding carboxylic acids is 1. The second-order valence-corrected chi connectivity index (χ2v) is 5.89. The average Bonchev–Trinajstić information content (AvgIpc) is 3.16. The summed E-state index contributed by atoms with van der Waals surface area (Å²) in [6.45, 7) is 2.70. The minimum atomic E-state index is -0.512. The van der Waals surface area contributed by atoms with E-state index in [-0.39, 0.29) is 18.7 Å². The van der Waals surface area contributed by atoms with E-state index in [9.17, 15) is 4.79 Å². The van der Waals surface area contributed by atoms with Crippen LogP contribution in [0.15, 0.2) is 24.5 Å². The van der Waals surface area contributed by atoms with Crippen molar-refractivity contribution in [3.05, 3.63) is 30.1 Å². The summed E-state index contributed by atoms with van der Waals surface area (Å²) < 4.78 is 17.1. The average molecular weight is 291 g/mol. The third-order valence-corrected chi connectivity index (χ3v) is 4.35. The Morgan fingerprint density at radius 1 is 1.48 bits per heavy atom. The fourth-order valence-corrected chi connectivity index (χ4v) is 3.14. The number of carbonyl (C=O) groups is 1. The first-order chi connectivity index (χ1) is 10.2. The maximum absolute atomic E-state index is 11.9. The van der Waals surface area contributed by atoms with E-state index in [2.05, 4.69) is 4.98 Å². The molecule has 2 heterocycles. The van der Waals surface area contributed by atoms with Crippen LogP contribution in [0.4, 0.5) is 0 Å². The molecule has 1 aromatic heterocycles. The van der Waals surface area contributed by atoms with Gasteiger partial charge in [-0.3, -0.25) is 4.98 Å². The van der Waals surface area contributed by atoms with Gasteiger partial charge in [0.15, 0.2) is 5.79 Å². The first-order valence-electron chi connectivity index (χ1n) is 7.56. The summed E-state index contributed by atoms with van der Waals surface area (Å²) in [6.07, 6.45) is 7.73. The van der Waals surface area contributed by atoms with Crippen LogP contribution in [-0.2, 0) is 14.2 Å². The lowest BCUT2D eigenvalue weighted by Gasteiger charge is -2.29. The Hall–Kier alpha value is -1.46. The van der Waals surface area contributed by atoms with Gasteiger partial charge >= 0.3 is 5.97 Å². The number of aromatic nitrogens is 1. The van der Waals surface area contributed by atoms with Gasteiger partial charge in [-0.05, 0) is 31.9 Å². The van der Waals surface area contributed by atoms with Crippen molar-refractivity contribution in [2.75, 3.05) is 13.2 Å². The zero-order valence-corrected chi connectivity index (χ0v) is 12.3. The van der Waals surface area contributed by atoms with Crippen LogP contribution in [0.2, 0.25) is 0 Å². The van der Waals surface area contributed by atoms with Crippen LogP contribution >= 0.6 is 0 Å². The highest BCUT2D eigenvalue weighted by molar-refractivity contribution is 5.88. The van der Waals surface area contributed by atoms with E-state index in [0.717, 1.165) is 12.8 Å². The van der Waals surface area contributed by atoms with Gasteiger partial charge in [0.2, 0.25) is 0 Å². The molecule has 0 aromatic carbocycles. The van der Waals surface area contributed by atoms with Crippen molar-refractivity contribution in [2.24, 2.45) is 5.92 Å². The fourth-order valence-electron chi connectivity index (χ4n) is 3.14. The SMILES string of the molecule is CC1(C2CCCC2)OCC(COC(=O)c2cccnc2)O1. The van der Waals surface area contributed by atoms with Crippen molar-refractivity contribution in [3.8, 4) is 0 Å². The number of hydrogen-bond acceptors (Lipinski definition) is 5. The van der Waals surface area contributed by atoms with E-state index >= 15 is 0 Å². The molecule has 2 aliphatic rings. The number of rotatable bonds is 4. The van der Waals surface area contributed by atoms with Gasteiger partial charge in [0.05, 0.1) is 12.2 Å². The largest absolute Gasteiger partial charge is 0.459 e. The maximum Gasteiger partial charge on any atom is 0.339 e. The smallest absolute Gasteiger partial charge is 0.339 e. The van der Waals surface area contributed by atoms with E-state index < -0.39 is 5.79 Å². The zero-order chi connectivity index (χ0) is 14.7. The molecule has 2 atom stereocenters. The molecule has 5 nitrogen and oxygen atoms in total. The molecule has 3 rings (SSSR count). The molecule has 0 spiro atoms. The summed E-state index contributed by atoms with van der Waals surface area (Å²) in [7, 11) is 0. The molecule has 21 heavy (non-hydrogen) atoms. The summed E-state index contributed by atoms with van der Waals surface area (Å²) in [5.74, 6) is -0.431. The van der Waals surface area contributed by atoms with E-state index in [0.29, 0.717) is 18.1 Å². The summed E-state index contributed by atoms with van der Waals surface area (Å²) >= 11 is 0. The summed E-state index contributed by atoms with van der Waals surface area (Å²) in [4.78, 5) is 15.8. The molecular formula is C16H21NO4. The third kappa shape index (κ3) is 3.24. The maximum atomic E-state index is 11.9. The van der Waals surface area contributed by atoms with Crippen molar-refractivity contribution >= 4 is 5.97 Å². The van der Waals surface area contributed by atoms with Crippen LogP contribution < -0.4 is 0 Å². The van der Waals surface area contributed by atoms with E-state index in [1.54, 1.807) is 18.3 Å². The molecule has 0 amide bonds. The van der Waals surface area contributed by atoms with E-state index in [1.807, 2.05) is 6.92 Å². The molecule has 1 aliphatic carbocycles. The zero-order valence-electron chi connectivity index (χ0n) is 12.3. The highest BCUT2D eigenvalue weighted by Crippen LogP contribution is 2.40. The molecule has 1 saturated heterocycles. The molecule has 0 bridgehead atoms. The van der Waals surface area contributed by atoms with Gasteiger partial charge in [-0.1, -0.05) is 12.8 Å². The predicted octanol–water partition coefficient (Wildman–Crippen LogP) is 2.56. The van der Waals surface area contributed by atoms with Gasteiger partial charge in [0.25, 0.3) is 0 Å². The lowest BCUT2D eigenvalue weighted by atomic mass is 9.99. The summed E-state index contributed by atoms with van der Waals surface area (Å²) in [5, 5.41) is 0. The Morgan fingerprint density at radius 2 is 2.29 bits per heavy atom. The van der Waals surface area contributed by atoms with Crippen LogP contribution in [0.5, 0.6) is 0 Å². The monoisotopic (exact) mass is 291 g/mol. The van der Waals surface area contributed by atoms with Crippen LogP contribution in [-0.4, -0.2) is 36.1 Å². The Morgan fingerprint density at radius 3 is 3.00 bits per heavy atom. The lowest BCUT2D eigenvalue weighted by Crippen LogP contribution is -2.35. The Labute approximate surface area is 124 Å². The van der Waals surface area contributed by atoms with E-state index in [1.165, 1.54) is 19.0 Å². The van der Waals surface area contributed by atoms with Crippen LogP contribution in [0.25, 0.3) is 0 Å². The highest BCUT2D eigenvalue weighted by atomic mass is 16.8.